The Bertz CT molecular complexity index is 1380. The molecule has 0 unspecified atom stereocenters. The van der Waals surface area contributed by atoms with Crippen molar-refractivity contribution in [3.8, 4) is 22.3 Å². The zero-order valence-corrected chi connectivity index (χ0v) is 16.6. The predicted octanol–water partition coefficient (Wildman–Crippen LogP) is 7.01. The summed E-state index contributed by atoms with van der Waals surface area (Å²) in [5.41, 5.74) is 10.4. The molecule has 2 nitrogen and oxygen atoms in total. The first-order valence-corrected chi connectivity index (χ1v) is 10.1. The molecule has 4 aromatic rings. The number of carbonyl (C=O) groups is 1. The molecular formula is C27H15ClO2. The summed E-state index contributed by atoms with van der Waals surface area (Å²) in [5.74, 6) is -1.01. The van der Waals surface area contributed by atoms with Gasteiger partial charge in [-0.25, -0.2) is 4.79 Å². The molecule has 0 fully saturated rings. The van der Waals surface area contributed by atoms with E-state index in [4.69, 9.17) is 11.6 Å². The predicted molar refractivity (Wildman–Crippen MR) is 121 cm³/mol. The van der Waals surface area contributed by atoms with Crippen molar-refractivity contribution >= 4 is 28.7 Å². The van der Waals surface area contributed by atoms with Crippen LogP contribution in [0.5, 0.6) is 0 Å². The van der Waals surface area contributed by atoms with Crippen LogP contribution in [0.3, 0.4) is 0 Å². The smallest absolute Gasteiger partial charge is 0.337 e. The third-order valence-electron chi connectivity index (χ3n) is 6.04. The minimum absolute atomic E-state index is 0.162. The van der Waals surface area contributed by atoms with Crippen LogP contribution >= 0.6 is 11.6 Å². The van der Waals surface area contributed by atoms with Gasteiger partial charge in [-0.1, -0.05) is 90.5 Å². The van der Waals surface area contributed by atoms with Gasteiger partial charge >= 0.3 is 5.97 Å². The molecule has 0 saturated heterocycles. The van der Waals surface area contributed by atoms with Crippen molar-refractivity contribution in [1.82, 2.24) is 0 Å². The van der Waals surface area contributed by atoms with Crippen LogP contribution in [0, 0.1) is 0 Å². The Labute approximate surface area is 178 Å². The van der Waals surface area contributed by atoms with Crippen LogP contribution < -0.4 is 0 Å². The number of rotatable bonds is 1. The van der Waals surface area contributed by atoms with Gasteiger partial charge in [-0.2, -0.15) is 0 Å². The van der Waals surface area contributed by atoms with Crippen molar-refractivity contribution in [3.63, 3.8) is 0 Å². The molecule has 6 rings (SSSR count). The first kappa shape index (κ1) is 17.3. The van der Waals surface area contributed by atoms with Gasteiger partial charge in [-0.05, 0) is 56.2 Å². The number of hydrogen-bond acceptors (Lipinski definition) is 1. The van der Waals surface area contributed by atoms with E-state index < -0.39 is 5.97 Å². The molecular weight excluding hydrogens is 392 g/mol. The van der Waals surface area contributed by atoms with Gasteiger partial charge in [-0.3, -0.25) is 0 Å². The molecule has 0 aromatic heterocycles. The van der Waals surface area contributed by atoms with Gasteiger partial charge in [0.15, 0.2) is 0 Å². The summed E-state index contributed by atoms with van der Waals surface area (Å²) in [6.45, 7) is 0. The van der Waals surface area contributed by atoms with Gasteiger partial charge in [0.1, 0.15) is 0 Å². The van der Waals surface area contributed by atoms with E-state index >= 15 is 0 Å². The van der Waals surface area contributed by atoms with Crippen LogP contribution in [-0.4, -0.2) is 11.1 Å². The summed E-state index contributed by atoms with van der Waals surface area (Å²) in [4.78, 5) is 12.3. The zero-order chi connectivity index (χ0) is 20.4. The van der Waals surface area contributed by atoms with E-state index in [2.05, 4.69) is 30.3 Å². The average molecular weight is 407 g/mol. The fourth-order valence-corrected chi connectivity index (χ4v) is 5.13. The number of benzene rings is 4. The van der Waals surface area contributed by atoms with Gasteiger partial charge in [0, 0.05) is 5.56 Å². The third kappa shape index (κ3) is 2.17. The summed E-state index contributed by atoms with van der Waals surface area (Å²) in [6, 6.07) is 28.3. The molecule has 2 aliphatic rings. The fraction of sp³-hybridized carbons (Fsp3) is 0. The van der Waals surface area contributed by atoms with Crippen LogP contribution in [0.25, 0.3) is 33.4 Å². The van der Waals surface area contributed by atoms with Crippen LogP contribution in [0.1, 0.15) is 32.6 Å². The first-order valence-electron chi connectivity index (χ1n) is 9.76. The van der Waals surface area contributed by atoms with Crippen LogP contribution in [0.4, 0.5) is 0 Å². The zero-order valence-electron chi connectivity index (χ0n) is 15.8. The topological polar surface area (TPSA) is 37.3 Å². The average Bonchev–Trinajstić information content (AvgIpc) is 3.26. The Morgan fingerprint density at radius 2 is 1.00 bits per heavy atom. The van der Waals surface area contributed by atoms with E-state index in [0.717, 1.165) is 39.0 Å². The van der Waals surface area contributed by atoms with Gasteiger partial charge in [0.05, 0.1) is 10.6 Å². The highest BCUT2D eigenvalue weighted by atomic mass is 35.5. The Morgan fingerprint density at radius 1 is 0.567 bits per heavy atom. The van der Waals surface area contributed by atoms with Crippen molar-refractivity contribution in [3.05, 3.63) is 118 Å². The van der Waals surface area contributed by atoms with E-state index in [1.807, 2.05) is 48.5 Å². The second-order valence-corrected chi connectivity index (χ2v) is 7.94. The summed E-state index contributed by atoms with van der Waals surface area (Å²) in [6.07, 6.45) is 0. The van der Waals surface area contributed by atoms with Gasteiger partial charge < -0.3 is 5.11 Å². The lowest BCUT2D eigenvalue weighted by molar-refractivity contribution is 0.0697. The fourth-order valence-electron chi connectivity index (χ4n) is 4.89. The minimum atomic E-state index is -1.01. The number of fused-ring (bicyclic) bond motifs is 6. The van der Waals surface area contributed by atoms with Crippen molar-refractivity contribution in [2.24, 2.45) is 0 Å². The van der Waals surface area contributed by atoms with E-state index in [-0.39, 0.29) is 10.6 Å². The van der Waals surface area contributed by atoms with Gasteiger partial charge in [0.2, 0.25) is 0 Å². The standard InChI is InChI=1S/C27H15ClO2/c28-22-14-13-21-17-9-3-6-12-20(17)24(25(21)26(22)27(29)30)23-18-10-4-1-7-15(18)16-8-2-5-11-19(16)23/h1-14H,(H,29,30). The maximum atomic E-state index is 12.3. The summed E-state index contributed by atoms with van der Waals surface area (Å²) >= 11 is 6.41. The number of halogens is 1. The van der Waals surface area contributed by atoms with E-state index in [0.29, 0.717) is 5.56 Å². The number of carboxylic acids is 1. The van der Waals surface area contributed by atoms with Crippen LogP contribution in [0.15, 0.2) is 84.9 Å². The van der Waals surface area contributed by atoms with Crippen molar-refractivity contribution < 1.29 is 9.90 Å². The number of aromatic carboxylic acids is 1. The molecule has 1 N–H and O–H groups in total. The summed E-state index contributed by atoms with van der Waals surface area (Å²) in [5, 5.41) is 10.3. The first-order chi connectivity index (χ1) is 14.7. The Morgan fingerprint density at radius 3 is 1.50 bits per heavy atom. The lowest BCUT2D eigenvalue weighted by Crippen LogP contribution is -2.04. The molecule has 0 spiro atoms. The molecule has 0 bridgehead atoms. The maximum absolute atomic E-state index is 12.3. The molecule has 3 heteroatoms. The molecule has 4 aromatic carbocycles. The number of hydrogen-bond donors (Lipinski definition) is 1. The van der Waals surface area contributed by atoms with E-state index in [1.54, 1.807) is 6.07 Å². The third-order valence-corrected chi connectivity index (χ3v) is 6.35. The molecule has 0 radical (unpaired) electrons. The van der Waals surface area contributed by atoms with Crippen LogP contribution in [-0.2, 0) is 0 Å². The summed E-state index contributed by atoms with van der Waals surface area (Å²) in [7, 11) is 0. The Kier molecular flexibility index (Phi) is 3.56. The van der Waals surface area contributed by atoms with Gasteiger partial charge in [-0.15, -0.1) is 0 Å². The van der Waals surface area contributed by atoms with Crippen molar-refractivity contribution in [2.45, 2.75) is 0 Å². The maximum Gasteiger partial charge on any atom is 0.337 e. The van der Waals surface area contributed by atoms with E-state index in [9.17, 15) is 9.90 Å². The van der Waals surface area contributed by atoms with Crippen molar-refractivity contribution in [1.29, 1.82) is 0 Å². The SMILES string of the molecule is O=C(O)c1c(Cl)ccc2c1C(=C1c3ccccc3-c3ccccc31)c1ccccc1-2. The lowest BCUT2D eigenvalue weighted by atomic mass is 9.89. The van der Waals surface area contributed by atoms with Gasteiger partial charge in [0.25, 0.3) is 0 Å². The highest BCUT2D eigenvalue weighted by Gasteiger charge is 2.35. The molecule has 0 amide bonds. The largest absolute Gasteiger partial charge is 0.478 e. The van der Waals surface area contributed by atoms with Crippen molar-refractivity contribution in [2.75, 3.05) is 0 Å². The molecule has 0 heterocycles. The second-order valence-electron chi connectivity index (χ2n) is 7.54. The molecule has 2 aliphatic carbocycles. The van der Waals surface area contributed by atoms with E-state index in [1.165, 1.54) is 11.1 Å². The van der Waals surface area contributed by atoms with Crippen LogP contribution in [0.2, 0.25) is 5.02 Å². The Balaban J connectivity index is 1.85. The molecule has 142 valence electrons. The highest BCUT2D eigenvalue weighted by molar-refractivity contribution is 6.35. The normalized spacial score (nSPS) is 13.0. The number of carboxylic acid groups (broad SMARTS) is 1. The minimum Gasteiger partial charge on any atom is -0.478 e. The quantitative estimate of drug-likeness (QED) is 0.319. The monoisotopic (exact) mass is 406 g/mol. The second kappa shape index (κ2) is 6.19. The Hall–Kier alpha value is -3.62. The molecule has 0 atom stereocenters. The molecule has 30 heavy (non-hydrogen) atoms. The lowest BCUT2D eigenvalue weighted by Gasteiger charge is -2.14. The molecule has 0 saturated carbocycles. The molecule has 0 aliphatic heterocycles. The highest BCUT2D eigenvalue weighted by Crippen LogP contribution is 2.55. The summed E-state index contributed by atoms with van der Waals surface area (Å²) < 4.78 is 0.